The number of rotatable bonds is 17. The first-order valence-corrected chi connectivity index (χ1v) is 14.2. The molecule has 2 aromatic rings. The van der Waals surface area contributed by atoms with Crippen molar-refractivity contribution in [2.24, 2.45) is 28.1 Å². The number of nitrogens with two attached hydrogens (primary N) is 3. The van der Waals surface area contributed by atoms with Gasteiger partial charge >= 0.3 is 5.97 Å². The minimum absolute atomic E-state index is 0.0427. The molecule has 0 saturated carbocycles. The van der Waals surface area contributed by atoms with E-state index in [4.69, 9.17) is 17.2 Å². The molecule has 5 unspecified atom stereocenters. The lowest BCUT2D eigenvalue weighted by Crippen LogP contribution is -2.59. The van der Waals surface area contributed by atoms with Crippen LogP contribution in [0.5, 0.6) is 5.75 Å². The Morgan fingerprint density at radius 1 is 0.837 bits per heavy atom. The normalized spacial score (nSPS) is 14.3. The largest absolute Gasteiger partial charge is 0.508 e. The predicted molar refractivity (Wildman–Crippen MR) is 163 cm³/mol. The highest BCUT2D eigenvalue weighted by Crippen LogP contribution is 2.13. The van der Waals surface area contributed by atoms with Crippen LogP contribution < -0.4 is 33.2 Å². The number of carbonyl (C=O) groups is 4. The molecule has 43 heavy (non-hydrogen) atoms. The number of nitrogens with zero attached hydrogens (tertiary/aromatic N) is 1. The van der Waals surface area contributed by atoms with E-state index in [0.29, 0.717) is 18.4 Å². The van der Waals surface area contributed by atoms with E-state index < -0.39 is 47.9 Å². The zero-order chi connectivity index (χ0) is 31.9. The van der Waals surface area contributed by atoms with Crippen molar-refractivity contribution in [2.75, 3.05) is 6.54 Å². The number of guanidine groups is 1. The third kappa shape index (κ3) is 12.0. The molecule has 11 N–H and O–H groups in total. The molecule has 0 aromatic heterocycles. The van der Waals surface area contributed by atoms with Gasteiger partial charge in [0.05, 0.1) is 6.04 Å². The van der Waals surface area contributed by atoms with Crippen molar-refractivity contribution < 1.29 is 29.4 Å². The Morgan fingerprint density at radius 3 is 2.02 bits per heavy atom. The third-order valence-electron chi connectivity index (χ3n) is 7.00. The Kier molecular flexibility index (Phi) is 13.9. The van der Waals surface area contributed by atoms with Crippen molar-refractivity contribution in [3.05, 3.63) is 65.7 Å². The lowest BCUT2D eigenvalue weighted by Gasteiger charge is -2.28. The average molecular weight is 598 g/mol. The fourth-order valence-corrected chi connectivity index (χ4v) is 4.30. The third-order valence-corrected chi connectivity index (χ3v) is 7.00. The molecule has 2 rings (SSSR count). The Balaban J connectivity index is 2.18. The van der Waals surface area contributed by atoms with E-state index >= 15 is 0 Å². The van der Waals surface area contributed by atoms with Crippen LogP contribution >= 0.6 is 0 Å². The lowest BCUT2D eigenvalue weighted by molar-refractivity contribution is -0.142. The minimum Gasteiger partial charge on any atom is -0.508 e. The van der Waals surface area contributed by atoms with E-state index in [9.17, 15) is 29.4 Å². The lowest BCUT2D eigenvalue weighted by atomic mass is 9.96. The first kappa shape index (κ1) is 34.6. The van der Waals surface area contributed by atoms with Gasteiger partial charge < -0.3 is 43.4 Å². The van der Waals surface area contributed by atoms with Crippen LogP contribution in [0.1, 0.15) is 44.2 Å². The van der Waals surface area contributed by atoms with Gasteiger partial charge in [-0.1, -0.05) is 62.7 Å². The number of aliphatic carboxylic acids is 1. The summed E-state index contributed by atoms with van der Waals surface area (Å²) in [6.45, 7) is 3.82. The molecule has 0 aliphatic rings. The highest BCUT2D eigenvalue weighted by molar-refractivity contribution is 5.94. The second kappa shape index (κ2) is 17.3. The van der Waals surface area contributed by atoms with Gasteiger partial charge in [0, 0.05) is 13.0 Å². The van der Waals surface area contributed by atoms with Crippen molar-refractivity contribution in [1.82, 2.24) is 16.0 Å². The number of aliphatic imine (C=N–C) groups is 1. The van der Waals surface area contributed by atoms with Crippen LogP contribution in [0.2, 0.25) is 0 Å². The smallest absolute Gasteiger partial charge is 0.326 e. The van der Waals surface area contributed by atoms with E-state index in [1.54, 1.807) is 49.4 Å². The van der Waals surface area contributed by atoms with Crippen molar-refractivity contribution in [1.29, 1.82) is 0 Å². The first-order chi connectivity index (χ1) is 20.4. The van der Waals surface area contributed by atoms with Gasteiger partial charge in [0.1, 0.15) is 23.9 Å². The number of carbonyl (C=O) groups excluding carboxylic acids is 3. The molecule has 13 heteroatoms. The number of phenols is 1. The molecule has 13 nitrogen and oxygen atoms in total. The summed E-state index contributed by atoms with van der Waals surface area (Å²) >= 11 is 0. The predicted octanol–water partition coefficient (Wildman–Crippen LogP) is 0.143. The molecule has 3 amide bonds. The molecule has 0 bridgehead atoms. The highest BCUT2D eigenvalue weighted by atomic mass is 16.4. The molecule has 0 saturated heterocycles. The van der Waals surface area contributed by atoms with E-state index in [0.717, 1.165) is 5.56 Å². The number of amides is 3. The summed E-state index contributed by atoms with van der Waals surface area (Å²) in [4.78, 5) is 55.7. The fourth-order valence-electron chi connectivity index (χ4n) is 4.30. The van der Waals surface area contributed by atoms with Crippen LogP contribution in [0.3, 0.4) is 0 Å². The van der Waals surface area contributed by atoms with Crippen LogP contribution in [0.15, 0.2) is 59.6 Å². The van der Waals surface area contributed by atoms with Crippen molar-refractivity contribution >= 4 is 29.7 Å². The monoisotopic (exact) mass is 597 g/mol. The Hall–Kier alpha value is -4.65. The maximum Gasteiger partial charge on any atom is 0.326 e. The van der Waals surface area contributed by atoms with E-state index in [1.807, 2.05) is 6.92 Å². The first-order valence-electron chi connectivity index (χ1n) is 14.2. The summed E-state index contributed by atoms with van der Waals surface area (Å²) in [6.07, 6.45) is 1.17. The summed E-state index contributed by atoms with van der Waals surface area (Å²) in [5.41, 5.74) is 18.3. The minimum atomic E-state index is -1.24. The Morgan fingerprint density at radius 2 is 1.44 bits per heavy atom. The van der Waals surface area contributed by atoms with Gasteiger partial charge in [0.2, 0.25) is 17.7 Å². The fraction of sp³-hybridized carbons (Fsp3) is 0.433. The number of aromatic hydroxyl groups is 1. The number of carboxylic acids is 1. The van der Waals surface area contributed by atoms with Crippen LogP contribution in [-0.2, 0) is 32.0 Å². The second-order valence-corrected chi connectivity index (χ2v) is 10.4. The number of carboxylic acid groups (broad SMARTS) is 1. The van der Waals surface area contributed by atoms with Crippen LogP contribution in [0.4, 0.5) is 0 Å². The number of nitrogens with one attached hydrogen (secondary N) is 3. The SMILES string of the molecule is CCC(C)C(NC(=O)C(N)Cc1ccc(O)cc1)C(=O)NC(CCCN=C(N)N)C(=O)NC(Cc1ccccc1)C(=O)O. The zero-order valence-electron chi connectivity index (χ0n) is 24.5. The Labute approximate surface area is 251 Å². The molecular formula is C30H43N7O6. The number of hydrogen-bond donors (Lipinski definition) is 8. The molecule has 0 heterocycles. The summed E-state index contributed by atoms with van der Waals surface area (Å²) in [6, 6.07) is 10.7. The molecule has 0 aliphatic carbocycles. The summed E-state index contributed by atoms with van der Waals surface area (Å²) < 4.78 is 0. The van der Waals surface area contributed by atoms with Crippen LogP contribution in [-0.4, -0.2) is 70.6 Å². The summed E-state index contributed by atoms with van der Waals surface area (Å²) in [5, 5.41) is 27.2. The van der Waals surface area contributed by atoms with Crippen molar-refractivity contribution in [3.63, 3.8) is 0 Å². The molecular weight excluding hydrogens is 554 g/mol. The van der Waals surface area contributed by atoms with Gasteiger partial charge in [-0.3, -0.25) is 19.4 Å². The molecule has 0 radical (unpaired) electrons. The van der Waals surface area contributed by atoms with E-state index in [-0.39, 0.29) is 43.4 Å². The maximum absolute atomic E-state index is 13.5. The summed E-state index contributed by atoms with van der Waals surface area (Å²) in [5.74, 6) is -3.45. The van der Waals surface area contributed by atoms with E-state index in [1.165, 1.54) is 12.1 Å². The van der Waals surface area contributed by atoms with Crippen molar-refractivity contribution in [3.8, 4) is 5.75 Å². The number of hydrogen-bond acceptors (Lipinski definition) is 7. The van der Waals surface area contributed by atoms with Gasteiger partial charge in [-0.25, -0.2) is 4.79 Å². The number of benzene rings is 2. The van der Waals surface area contributed by atoms with Gasteiger partial charge in [-0.15, -0.1) is 0 Å². The van der Waals surface area contributed by atoms with Gasteiger partial charge in [-0.2, -0.15) is 0 Å². The van der Waals surface area contributed by atoms with Gasteiger partial charge in [0.15, 0.2) is 5.96 Å². The van der Waals surface area contributed by atoms with Crippen molar-refractivity contribution in [2.45, 2.75) is 70.1 Å². The quantitative estimate of drug-likeness (QED) is 0.0702. The average Bonchev–Trinajstić information content (AvgIpc) is 2.97. The molecule has 2 aromatic carbocycles. The second-order valence-electron chi connectivity index (χ2n) is 10.4. The molecule has 234 valence electrons. The van der Waals surface area contributed by atoms with Crippen LogP contribution in [0, 0.1) is 5.92 Å². The van der Waals surface area contributed by atoms with Gasteiger partial charge in [0.25, 0.3) is 0 Å². The molecule has 5 atom stereocenters. The zero-order valence-corrected chi connectivity index (χ0v) is 24.5. The molecule has 0 fully saturated rings. The summed E-state index contributed by atoms with van der Waals surface area (Å²) in [7, 11) is 0. The number of phenolic OH excluding ortho intramolecular Hbond substituents is 1. The standard InChI is InChI=1S/C30H43N7O6/c1-3-18(2)25(37-26(39)22(31)16-20-11-13-21(38)14-12-20)28(41)35-23(10-7-15-34-30(32)33)27(40)36-24(29(42)43)17-19-8-5-4-6-9-19/h4-6,8-9,11-14,18,22-25,38H,3,7,10,15-17,31H2,1-2H3,(H,35,41)(H,36,40)(H,37,39)(H,42,43)(H4,32,33,34). The van der Waals surface area contributed by atoms with Crippen LogP contribution in [0.25, 0.3) is 0 Å². The highest BCUT2D eigenvalue weighted by Gasteiger charge is 2.32. The topological polar surface area (TPSA) is 235 Å². The van der Waals surface area contributed by atoms with Gasteiger partial charge in [-0.05, 0) is 48.4 Å². The van der Waals surface area contributed by atoms with E-state index in [2.05, 4.69) is 20.9 Å². The molecule has 0 spiro atoms. The maximum atomic E-state index is 13.5. The Bertz CT molecular complexity index is 1240. The molecule has 0 aliphatic heterocycles.